The highest BCUT2D eigenvalue weighted by molar-refractivity contribution is 5.88. The standard InChI is InChI=1S/C26H35N9O2/c1-17-22(27)26(16-37-17)5-9-33(10-6-26)20-15-29-21-23(30-20)31-32-25(21)35-8-2-3-18-19(35)4-7-28-24(18)34-11-13-36-14-12-34/h4,7,15,17,22H,2-3,5-6,8-14,16,27H2,1H3,(H,30,31,32)/t17-,22+/m0/s1. The van der Waals surface area contributed by atoms with E-state index in [4.69, 9.17) is 35.3 Å². The zero-order valence-electron chi connectivity index (χ0n) is 21.4. The summed E-state index contributed by atoms with van der Waals surface area (Å²) >= 11 is 0. The molecule has 0 aliphatic carbocycles. The van der Waals surface area contributed by atoms with Gasteiger partial charge in [0.15, 0.2) is 17.0 Å². The fourth-order valence-corrected chi connectivity index (χ4v) is 6.54. The Labute approximate surface area is 216 Å². The largest absolute Gasteiger partial charge is 0.378 e. The number of ether oxygens (including phenoxy) is 2. The van der Waals surface area contributed by atoms with Crippen LogP contribution in [0.3, 0.4) is 0 Å². The van der Waals surface area contributed by atoms with Crippen LogP contribution in [-0.4, -0.2) is 89.8 Å². The van der Waals surface area contributed by atoms with Crippen LogP contribution in [0.4, 0.5) is 23.1 Å². The zero-order valence-corrected chi connectivity index (χ0v) is 21.4. The highest BCUT2D eigenvalue weighted by Gasteiger charge is 2.47. The Morgan fingerprint density at radius 2 is 1.89 bits per heavy atom. The van der Waals surface area contributed by atoms with Gasteiger partial charge in [-0.15, -0.1) is 0 Å². The van der Waals surface area contributed by atoms with Crippen LogP contribution in [-0.2, 0) is 15.9 Å². The van der Waals surface area contributed by atoms with Crippen molar-refractivity contribution < 1.29 is 9.47 Å². The molecule has 3 aromatic heterocycles. The summed E-state index contributed by atoms with van der Waals surface area (Å²) in [5.74, 6) is 2.79. The summed E-state index contributed by atoms with van der Waals surface area (Å²) in [5, 5.41) is 7.85. The second kappa shape index (κ2) is 9.07. The average molecular weight is 506 g/mol. The lowest BCUT2D eigenvalue weighted by Crippen LogP contribution is -2.50. The first-order chi connectivity index (χ1) is 18.1. The number of hydrogen-bond donors (Lipinski definition) is 2. The molecule has 3 saturated heterocycles. The molecule has 7 rings (SSSR count). The van der Waals surface area contributed by atoms with E-state index in [0.717, 1.165) is 113 Å². The van der Waals surface area contributed by atoms with Gasteiger partial charge in [-0.3, -0.25) is 5.10 Å². The van der Waals surface area contributed by atoms with Crippen molar-refractivity contribution in [2.24, 2.45) is 11.1 Å². The highest BCUT2D eigenvalue weighted by atomic mass is 16.5. The maximum Gasteiger partial charge on any atom is 0.183 e. The predicted octanol–water partition coefficient (Wildman–Crippen LogP) is 2.00. The molecule has 3 fully saturated rings. The molecule has 1 spiro atoms. The molecule has 0 amide bonds. The van der Waals surface area contributed by atoms with Crippen LogP contribution in [0.1, 0.15) is 31.7 Å². The zero-order chi connectivity index (χ0) is 25.0. The number of nitrogens with one attached hydrogen (secondary N) is 1. The van der Waals surface area contributed by atoms with E-state index >= 15 is 0 Å². The van der Waals surface area contributed by atoms with E-state index in [0.29, 0.717) is 0 Å². The van der Waals surface area contributed by atoms with Crippen molar-refractivity contribution >= 4 is 34.3 Å². The predicted molar refractivity (Wildman–Crippen MR) is 142 cm³/mol. The molecule has 11 heteroatoms. The van der Waals surface area contributed by atoms with Crippen LogP contribution in [0.2, 0.25) is 0 Å². The van der Waals surface area contributed by atoms with Crippen LogP contribution in [0, 0.1) is 5.41 Å². The molecule has 2 atom stereocenters. The van der Waals surface area contributed by atoms with E-state index < -0.39 is 0 Å². The molecule has 11 nitrogen and oxygen atoms in total. The lowest BCUT2D eigenvalue weighted by molar-refractivity contribution is 0.0974. The number of nitrogens with two attached hydrogens (primary N) is 1. The number of H-pyrrole nitrogens is 1. The summed E-state index contributed by atoms with van der Waals surface area (Å²) < 4.78 is 11.4. The van der Waals surface area contributed by atoms with E-state index in [9.17, 15) is 0 Å². The molecule has 0 unspecified atom stereocenters. The van der Waals surface area contributed by atoms with E-state index in [1.165, 1.54) is 5.56 Å². The van der Waals surface area contributed by atoms with E-state index in [-0.39, 0.29) is 17.6 Å². The fraction of sp³-hybridized carbons (Fsp3) is 0.615. The molecule has 7 heterocycles. The van der Waals surface area contributed by atoms with Gasteiger partial charge in [-0.25, -0.2) is 15.0 Å². The number of aromatic nitrogens is 5. The minimum atomic E-state index is 0.0885. The molecule has 4 aliphatic rings. The number of fused-ring (bicyclic) bond motifs is 2. The third-order valence-corrected chi connectivity index (χ3v) is 8.84. The Morgan fingerprint density at radius 3 is 2.68 bits per heavy atom. The Kier molecular flexibility index (Phi) is 5.67. The maximum absolute atomic E-state index is 6.50. The Hall–Kier alpha value is -3.02. The van der Waals surface area contributed by atoms with E-state index in [1.54, 1.807) is 0 Å². The Bertz CT molecular complexity index is 1280. The molecule has 37 heavy (non-hydrogen) atoms. The number of rotatable bonds is 3. The summed E-state index contributed by atoms with van der Waals surface area (Å²) in [6, 6.07) is 2.20. The Balaban J connectivity index is 1.14. The summed E-state index contributed by atoms with van der Waals surface area (Å²) in [5.41, 5.74) is 10.6. The van der Waals surface area contributed by atoms with Crippen LogP contribution < -0.4 is 20.4 Å². The van der Waals surface area contributed by atoms with Gasteiger partial charge in [0.2, 0.25) is 0 Å². The number of nitrogens with zero attached hydrogens (tertiary/aromatic N) is 7. The summed E-state index contributed by atoms with van der Waals surface area (Å²) in [4.78, 5) is 21.5. The number of morpholine rings is 1. The second-order valence-corrected chi connectivity index (χ2v) is 10.9. The van der Waals surface area contributed by atoms with E-state index in [2.05, 4.69) is 32.8 Å². The Morgan fingerprint density at radius 1 is 1.05 bits per heavy atom. The molecule has 3 N–H and O–H groups in total. The fourth-order valence-electron chi connectivity index (χ4n) is 6.54. The van der Waals surface area contributed by atoms with Crippen LogP contribution in [0.5, 0.6) is 0 Å². The van der Waals surface area contributed by atoms with Crippen molar-refractivity contribution in [2.45, 2.75) is 44.8 Å². The minimum Gasteiger partial charge on any atom is -0.378 e. The SMILES string of the molecule is C[C@@H]1OCC2(CCN(c3cnc4c(N5CCCc6c5ccnc6N5CCOCC5)n[nH]c4n3)CC2)[C@@H]1N. The lowest BCUT2D eigenvalue weighted by Gasteiger charge is -2.41. The van der Waals surface area contributed by atoms with Gasteiger partial charge in [-0.2, -0.15) is 5.10 Å². The van der Waals surface area contributed by atoms with Crippen molar-refractivity contribution in [2.75, 3.05) is 67.2 Å². The normalized spacial score (nSPS) is 25.7. The minimum absolute atomic E-state index is 0.0885. The van der Waals surface area contributed by atoms with Gasteiger partial charge < -0.3 is 29.9 Å². The van der Waals surface area contributed by atoms with Gasteiger partial charge >= 0.3 is 0 Å². The topological polar surface area (TPSA) is 122 Å². The number of piperidine rings is 1. The highest BCUT2D eigenvalue weighted by Crippen LogP contribution is 2.42. The second-order valence-electron chi connectivity index (χ2n) is 10.9. The molecule has 196 valence electrons. The van der Waals surface area contributed by atoms with Gasteiger partial charge in [0.25, 0.3) is 0 Å². The molecule has 3 aromatic rings. The average Bonchev–Trinajstić information content (AvgIpc) is 3.50. The number of aromatic amines is 1. The number of anilines is 4. The molecule has 0 saturated carbocycles. The molecule has 0 aromatic carbocycles. The van der Waals surface area contributed by atoms with E-state index in [1.807, 2.05) is 12.4 Å². The molecular formula is C26H35N9O2. The monoisotopic (exact) mass is 505 g/mol. The van der Waals surface area contributed by atoms with Gasteiger partial charge in [-0.05, 0) is 38.7 Å². The number of pyridine rings is 1. The third kappa shape index (κ3) is 3.82. The smallest absolute Gasteiger partial charge is 0.183 e. The lowest BCUT2D eigenvalue weighted by atomic mass is 9.73. The summed E-state index contributed by atoms with van der Waals surface area (Å²) in [6.07, 6.45) is 8.00. The quantitative estimate of drug-likeness (QED) is 0.547. The van der Waals surface area contributed by atoms with Gasteiger partial charge in [0.05, 0.1) is 37.8 Å². The van der Waals surface area contributed by atoms with Crippen molar-refractivity contribution in [1.82, 2.24) is 25.1 Å². The maximum atomic E-state index is 6.50. The van der Waals surface area contributed by atoms with Crippen LogP contribution in [0.15, 0.2) is 18.5 Å². The first-order valence-electron chi connectivity index (χ1n) is 13.5. The first kappa shape index (κ1) is 23.1. The van der Waals surface area contributed by atoms with Crippen LogP contribution in [0.25, 0.3) is 11.2 Å². The first-order valence-corrected chi connectivity index (χ1v) is 13.5. The number of hydrogen-bond acceptors (Lipinski definition) is 10. The van der Waals surface area contributed by atoms with Crippen molar-refractivity contribution in [1.29, 1.82) is 0 Å². The molecular weight excluding hydrogens is 470 g/mol. The van der Waals surface area contributed by atoms with Crippen molar-refractivity contribution in [3.05, 3.63) is 24.0 Å². The van der Waals surface area contributed by atoms with Gasteiger partial charge in [0.1, 0.15) is 11.6 Å². The van der Waals surface area contributed by atoms with Gasteiger partial charge in [-0.1, -0.05) is 0 Å². The molecule has 0 bridgehead atoms. The summed E-state index contributed by atoms with van der Waals surface area (Å²) in [7, 11) is 0. The van der Waals surface area contributed by atoms with Gasteiger partial charge in [0, 0.05) is 55.9 Å². The van der Waals surface area contributed by atoms with Crippen LogP contribution >= 0.6 is 0 Å². The molecule has 0 radical (unpaired) electrons. The van der Waals surface area contributed by atoms with Crippen molar-refractivity contribution in [3.63, 3.8) is 0 Å². The third-order valence-electron chi connectivity index (χ3n) is 8.84. The summed E-state index contributed by atoms with van der Waals surface area (Å²) in [6.45, 7) is 8.78. The van der Waals surface area contributed by atoms with Crippen molar-refractivity contribution in [3.8, 4) is 0 Å². The molecule has 4 aliphatic heterocycles.